The molecule has 1 fully saturated rings. The second-order valence-electron chi connectivity index (χ2n) is 7.09. The van der Waals surface area contributed by atoms with E-state index in [9.17, 15) is 13.2 Å². The Labute approximate surface area is 159 Å². The molecule has 1 aliphatic heterocycles. The zero-order valence-electron chi connectivity index (χ0n) is 15.3. The summed E-state index contributed by atoms with van der Waals surface area (Å²) in [6.07, 6.45) is 1.74. The number of amides is 1. The van der Waals surface area contributed by atoms with Gasteiger partial charge in [-0.2, -0.15) is 4.31 Å². The Hall–Kier alpha value is -2.38. The van der Waals surface area contributed by atoms with E-state index in [1.807, 2.05) is 24.3 Å². The summed E-state index contributed by atoms with van der Waals surface area (Å²) in [6, 6.07) is 12.4. The molecule has 2 aromatic carbocycles. The van der Waals surface area contributed by atoms with Gasteiger partial charge in [-0.3, -0.25) is 4.79 Å². The normalized spacial score (nSPS) is 19.1. The summed E-state index contributed by atoms with van der Waals surface area (Å²) < 4.78 is 33.4. The Morgan fingerprint density at radius 1 is 1.15 bits per heavy atom. The summed E-state index contributed by atoms with van der Waals surface area (Å²) in [5, 5.41) is 2.78. The SMILES string of the molecule is COc1ccc(CN(C2CC2)S(=O)(=O)c2ccc3c(c2)[C@H](C)C(=O)N3)cc1. The molecule has 0 unspecified atom stereocenters. The predicted molar refractivity (Wildman–Crippen MR) is 102 cm³/mol. The monoisotopic (exact) mass is 386 g/mol. The van der Waals surface area contributed by atoms with E-state index in [4.69, 9.17) is 4.74 Å². The van der Waals surface area contributed by atoms with Gasteiger partial charge >= 0.3 is 0 Å². The van der Waals surface area contributed by atoms with E-state index in [0.717, 1.165) is 29.7 Å². The lowest BCUT2D eigenvalue weighted by Crippen LogP contribution is -2.32. The smallest absolute Gasteiger partial charge is 0.243 e. The number of nitrogens with one attached hydrogen (secondary N) is 1. The lowest BCUT2D eigenvalue weighted by Gasteiger charge is -2.22. The van der Waals surface area contributed by atoms with E-state index in [0.29, 0.717) is 12.2 Å². The fourth-order valence-electron chi connectivity index (χ4n) is 3.37. The number of benzene rings is 2. The molecule has 27 heavy (non-hydrogen) atoms. The first kappa shape index (κ1) is 18.0. The third-order valence-electron chi connectivity index (χ3n) is 5.20. The van der Waals surface area contributed by atoms with Gasteiger partial charge in [-0.15, -0.1) is 0 Å². The second-order valence-corrected chi connectivity index (χ2v) is 8.98. The zero-order valence-corrected chi connectivity index (χ0v) is 16.1. The highest BCUT2D eigenvalue weighted by Gasteiger charge is 2.39. The van der Waals surface area contributed by atoms with Gasteiger partial charge in [-0.05, 0) is 61.2 Å². The van der Waals surface area contributed by atoms with Crippen LogP contribution in [0.15, 0.2) is 47.4 Å². The van der Waals surface area contributed by atoms with Crippen LogP contribution in [-0.4, -0.2) is 31.8 Å². The van der Waals surface area contributed by atoms with Crippen molar-refractivity contribution >= 4 is 21.6 Å². The Bertz CT molecular complexity index is 982. The van der Waals surface area contributed by atoms with E-state index >= 15 is 0 Å². The molecule has 0 spiro atoms. The molecule has 0 aromatic heterocycles. The fraction of sp³-hybridized carbons (Fsp3) is 0.350. The Balaban J connectivity index is 1.65. The van der Waals surface area contributed by atoms with Crippen molar-refractivity contribution in [1.82, 2.24) is 4.31 Å². The van der Waals surface area contributed by atoms with Crippen molar-refractivity contribution in [2.24, 2.45) is 0 Å². The number of ether oxygens (including phenoxy) is 1. The Morgan fingerprint density at radius 2 is 1.85 bits per heavy atom. The number of fused-ring (bicyclic) bond motifs is 1. The molecule has 1 aliphatic carbocycles. The van der Waals surface area contributed by atoms with E-state index in [2.05, 4.69) is 5.32 Å². The Kier molecular flexibility index (Phi) is 4.44. The number of sulfonamides is 1. The van der Waals surface area contributed by atoms with Crippen LogP contribution in [0.3, 0.4) is 0 Å². The molecular weight excluding hydrogens is 364 g/mol. The minimum absolute atomic E-state index is 0.0301. The molecule has 0 bridgehead atoms. The maximum atomic E-state index is 13.3. The number of carbonyl (C=O) groups excluding carboxylic acids is 1. The summed E-state index contributed by atoms with van der Waals surface area (Å²) in [5.41, 5.74) is 2.35. The second kappa shape index (κ2) is 6.65. The highest BCUT2D eigenvalue weighted by atomic mass is 32.2. The molecule has 0 saturated heterocycles. The van der Waals surface area contributed by atoms with Gasteiger partial charge in [0.2, 0.25) is 15.9 Å². The van der Waals surface area contributed by atoms with E-state index in [-0.39, 0.29) is 22.8 Å². The van der Waals surface area contributed by atoms with Gasteiger partial charge in [0.25, 0.3) is 0 Å². The van der Waals surface area contributed by atoms with E-state index < -0.39 is 10.0 Å². The summed E-state index contributed by atoms with van der Waals surface area (Å²) in [7, 11) is -2.05. The standard InChI is InChI=1S/C20H22N2O4S/c1-13-18-11-17(9-10-19(18)21-20(13)23)27(24,25)22(15-5-6-15)12-14-3-7-16(26-2)8-4-14/h3-4,7-11,13,15H,5-6,12H2,1-2H3,(H,21,23)/t13-/m0/s1. The largest absolute Gasteiger partial charge is 0.497 e. The molecule has 1 heterocycles. The van der Waals surface area contributed by atoms with Crippen molar-refractivity contribution in [2.45, 2.75) is 43.2 Å². The van der Waals surface area contributed by atoms with Gasteiger partial charge in [0.05, 0.1) is 17.9 Å². The van der Waals surface area contributed by atoms with Crippen molar-refractivity contribution in [3.05, 3.63) is 53.6 Å². The molecule has 1 N–H and O–H groups in total. The third-order valence-corrected chi connectivity index (χ3v) is 7.09. The average Bonchev–Trinajstić information content (AvgIpc) is 3.46. The third kappa shape index (κ3) is 3.33. The summed E-state index contributed by atoms with van der Waals surface area (Å²) >= 11 is 0. The van der Waals surface area contributed by atoms with Crippen LogP contribution < -0.4 is 10.1 Å². The highest BCUT2D eigenvalue weighted by molar-refractivity contribution is 7.89. The molecule has 1 amide bonds. The lowest BCUT2D eigenvalue weighted by molar-refractivity contribution is -0.116. The maximum absolute atomic E-state index is 13.3. The quantitative estimate of drug-likeness (QED) is 0.828. The number of carbonyl (C=O) groups is 1. The molecule has 2 aromatic rings. The Morgan fingerprint density at radius 3 is 2.48 bits per heavy atom. The molecule has 1 atom stereocenters. The van der Waals surface area contributed by atoms with Crippen LogP contribution in [0.4, 0.5) is 5.69 Å². The maximum Gasteiger partial charge on any atom is 0.243 e. The van der Waals surface area contributed by atoms with Crippen LogP contribution in [-0.2, 0) is 21.4 Å². The summed E-state index contributed by atoms with van der Waals surface area (Å²) in [5.74, 6) is 0.298. The summed E-state index contributed by atoms with van der Waals surface area (Å²) in [4.78, 5) is 12.1. The van der Waals surface area contributed by atoms with Crippen LogP contribution in [0.5, 0.6) is 5.75 Å². The molecule has 4 rings (SSSR count). The molecule has 142 valence electrons. The van der Waals surface area contributed by atoms with Crippen molar-refractivity contribution < 1.29 is 17.9 Å². The van der Waals surface area contributed by atoms with Crippen LogP contribution in [0.1, 0.15) is 36.8 Å². The van der Waals surface area contributed by atoms with Crippen LogP contribution in [0.2, 0.25) is 0 Å². The van der Waals surface area contributed by atoms with Crippen LogP contribution in [0, 0.1) is 0 Å². The predicted octanol–water partition coefficient (Wildman–Crippen LogP) is 3.10. The van der Waals surface area contributed by atoms with E-state index in [1.165, 1.54) is 0 Å². The first-order valence-electron chi connectivity index (χ1n) is 9.00. The lowest BCUT2D eigenvalue weighted by atomic mass is 10.0. The fourth-order valence-corrected chi connectivity index (χ4v) is 5.08. The molecule has 0 radical (unpaired) electrons. The van der Waals surface area contributed by atoms with Gasteiger partial charge in [0.1, 0.15) is 5.75 Å². The topological polar surface area (TPSA) is 75.7 Å². The first-order valence-corrected chi connectivity index (χ1v) is 10.4. The van der Waals surface area contributed by atoms with Gasteiger partial charge in [-0.1, -0.05) is 12.1 Å². The number of hydrogen-bond donors (Lipinski definition) is 1. The van der Waals surface area contributed by atoms with Crippen molar-refractivity contribution in [3.8, 4) is 5.75 Å². The van der Waals surface area contributed by atoms with Crippen molar-refractivity contribution in [1.29, 1.82) is 0 Å². The van der Waals surface area contributed by atoms with Gasteiger partial charge in [0.15, 0.2) is 0 Å². The highest BCUT2D eigenvalue weighted by Crippen LogP contribution is 2.37. The average molecular weight is 386 g/mol. The minimum Gasteiger partial charge on any atom is -0.497 e. The molecule has 6 nitrogen and oxygen atoms in total. The zero-order chi connectivity index (χ0) is 19.2. The van der Waals surface area contributed by atoms with Crippen LogP contribution in [0.25, 0.3) is 0 Å². The van der Waals surface area contributed by atoms with Gasteiger partial charge < -0.3 is 10.1 Å². The number of anilines is 1. The van der Waals surface area contributed by atoms with Crippen molar-refractivity contribution in [3.63, 3.8) is 0 Å². The number of methoxy groups -OCH3 is 1. The molecular formula is C20H22N2O4S. The number of nitrogens with zero attached hydrogens (tertiary/aromatic N) is 1. The molecule has 1 saturated carbocycles. The first-order chi connectivity index (χ1) is 12.9. The van der Waals surface area contributed by atoms with Gasteiger partial charge in [-0.25, -0.2) is 8.42 Å². The van der Waals surface area contributed by atoms with Crippen LogP contribution >= 0.6 is 0 Å². The van der Waals surface area contributed by atoms with E-state index in [1.54, 1.807) is 36.5 Å². The van der Waals surface area contributed by atoms with Gasteiger partial charge in [0, 0.05) is 18.3 Å². The number of rotatable bonds is 6. The molecule has 2 aliphatic rings. The molecule has 7 heteroatoms. The van der Waals surface area contributed by atoms with Crippen molar-refractivity contribution in [2.75, 3.05) is 12.4 Å². The summed E-state index contributed by atoms with van der Waals surface area (Å²) in [6.45, 7) is 2.11. The minimum atomic E-state index is -3.65. The number of hydrogen-bond acceptors (Lipinski definition) is 4.